The Morgan fingerprint density at radius 1 is 1.25 bits per heavy atom. The smallest absolute Gasteiger partial charge is 0.224 e. The Labute approximate surface area is 142 Å². The lowest BCUT2D eigenvalue weighted by Crippen LogP contribution is -2.43. The molecule has 128 valence electrons. The summed E-state index contributed by atoms with van der Waals surface area (Å²) in [4.78, 5) is 14.5. The van der Waals surface area contributed by atoms with Gasteiger partial charge in [-0.3, -0.25) is 4.79 Å². The summed E-state index contributed by atoms with van der Waals surface area (Å²) in [7, 11) is 0. The van der Waals surface area contributed by atoms with Gasteiger partial charge in [-0.1, -0.05) is 0 Å². The molecular weight excluding hydrogens is 302 g/mol. The van der Waals surface area contributed by atoms with Gasteiger partial charge in [0.25, 0.3) is 0 Å². The lowest BCUT2D eigenvalue weighted by molar-refractivity contribution is -0.132. The van der Waals surface area contributed by atoms with Gasteiger partial charge in [-0.25, -0.2) is 0 Å². The second-order valence-corrected chi connectivity index (χ2v) is 6.54. The Bertz CT molecular complexity index is 645. The fraction of sp³-hybridized carbons (Fsp3) is 0.500. The second-order valence-electron chi connectivity index (χ2n) is 6.54. The highest BCUT2D eigenvalue weighted by Gasteiger charge is 2.24. The number of nitrogens with one attached hydrogen (secondary N) is 1. The quantitative estimate of drug-likeness (QED) is 0.917. The number of aromatic nitrogens is 3. The zero-order valence-corrected chi connectivity index (χ0v) is 14.4. The summed E-state index contributed by atoms with van der Waals surface area (Å²) in [5.41, 5.74) is 0.915. The van der Waals surface area contributed by atoms with Crippen LogP contribution >= 0.6 is 0 Å². The maximum Gasteiger partial charge on any atom is 0.224 e. The maximum atomic E-state index is 12.5. The molecule has 24 heavy (non-hydrogen) atoms. The summed E-state index contributed by atoms with van der Waals surface area (Å²) in [5.74, 6) is 1.05. The van der Waals surface area contributed by atoms with E-state index >= 15 is 0 Å². The summed E-state index contributed by atoms with van der Waals surface area (Å²) in [5, 5.41) is 11.6. The minimum atomic E-state index is 0.200. The standard InChI is InChI=1S/C18H25N5O/c1-14-5-6-17(21-20-14)19-16-7-11-23(12-8-16)18(24)13-15(2)22-9-3-4-10-22/h3-6,9-10,15-16H,7-8,11-13H2,1-2H3,(H,19,21)/t15-/m1/s1. The third-order valence-electron chi connectivity index (χ3n) is 4.60. The Morgan fingerprint density at radius 3 is 2.58 bits per heavy atom. The van der Waals surface area contributed by atoms with E-state index in [0.717, 1.165) is 37.4 Å². The van der Waals surface area contributed by atoms with Crippen molar-refractivity contribution in [3.8, 4) is 0 Å². The predicted octanol–water partition coefficient (Wildman–Crippen LogP) is 2.64. The summed E-state index contributed by atoms with van der Waals surface area (Å²) < 4.78 is 2.09. The number of hydrogen-bond donors (Lipinski definition) is 1. The molecule has 6 heteroatoms. The molecule has 1 amide bonds. The SMILES string of the molecule is Cc1ccc(NC2CCN(C(=O)C[C@@H](C)n3cccc3)CC2)nn1. The number of carbonyl (C=O) groups excluding carboxylic acids is 1. The van der Waals surface area contributed by atoms with Crippen molar-refractivity contribution >= 4 is 11.7 Å². The second kappa shape index (κ2) is 7.47. The van der Waals surface area contributed by atoms with E-state index in [1.54, 1.807) is 0 Å². The van der Waals surface area contributed by atoms with Gasteiger partial charge < -0.3 is 14.8 Å². The van der Waals surface area contributed by atoms with Gasteiger partial charge in [0.05, 0.1) is 5.69 Å². The summed E-state index contributed by atoms with van der Waals surface area (Å²) in [6, 6.07) is 8.45. The largest absolute Gasteiger partial charge is 0.366 e. The van der Waals surface area contributed by atoms with Crippen LogP contribution in [0.5, 0.6) is 0 Å². The van der Waals surface area contributed by atoms with E-state index in [-0.39, 0.29) is 11.9 Å². The van der Waals surface area contributed by atoms with Gasteiger partial charge in [0.2, 0.25) is 5.91 Å². The van der Waals surface area contributed by atoms with Gasteiger partial charge in [0, 0.05) is 44.0 Å². The van der Waals surface area contributed by atoms with Gasteiger partial charge in [-0.15, -0.1) is 5.10 Å². The number of piperidine rings is 1. The molecule has 2 aromatic heterocycles. The molecule has 2 aromatic rings. The minimum Gasteiger partial charge on any atom is -0.366 e. The first-order valence-electron chi connectivity index (χ1n) is 8.59. The first-order chi connectivity index (χ1) is 11.6. The van der Waals surface area contributed by atoms with Crippen LogP contribution in [-0.4, -0.2) is 44.7 Å². The van der Waals surface area contributed by atoms with E-state index in [9.17, 15) is 4.79 Å². The molecule has 0 aliphatic carbocycles. The Balaban J connectivity index is 1.46. The van der Waals surface area contributed by atoms with Gasteiger partial charge in [0.1, 0.15) is 5.82 Å². The molecular formula is C18H25N5O. The summed E-state index contributed by atoms with van der Waals surface area (Å²) in [6.07, 6.45) is 6.46. The molecule has 0 saturated carbocycles. The zero-order valence-electron chi connectivity index (χ0n) is 14.4. The topological polar surface area (TPSA) is 63.1 Å². The molecule has 1 saturated heterocycles. The number of nitrogens with zero attached hydrogens (tertiary/aromatic N) is 4. The molecule has 0 bridgehead atoms. The van der Waals surface area contributed by atoms with Crippen LogP contribution < -0.4 is 5.32 Å². The van der Waals surface area contributed by atoms with Crippen molar-refractivity contribution in [2.24, 2.45) is 0 Å². The minimum absolute atomic E-state index is 0.200. The van der Waals surface area contributed by atoms with Crippen LogP contribution in [-0.2, 0) is 4.79 Å². The average Bonchev–Trinajstić information content (AvgIpc) is 3.12. The number of rotatable bonds is 5. The molecule has 1 fully saturated rings. The number of carbonyl (C=O) groups is 1. The van der Waals surface area contributed by atoms with E-state index in [2.05, 4.69) is 27.0 Å². The molecule has 0 aromatic carbocycles. The Kier molecular flexibility index (Phi) is 5.13. The van der Waals surface area contributed by atoms with Crippen LogP contribution in [0.4, 0.5) is 5.82 Å². The van der Waals surface area contributed by atoms with Crippen LogP contribution in [0.1, 0.15) is 37.9 Å². The monoisotopic (exact) mass is 327 g/mol. The van der Waals surface area contributed by atoms with Crippen molar-refractivity contribution in [3.05, 3.63) is 42.4 Å². The molecule has 0 radical (unpaired) electrons. The lowest BCUT2D eigenvalue weighted by atomic mass is 10.0. The number of aryl methyl sites for hydroxylation is 1. The third kappa shape index (κ3) is 4.13. The van der Waals surface area contributed by atoms with Crippen molar-refractivity contribution in [1.29, 1.82) is 0 Å². The number of hydrogen-bond acceptors (Lipinski definition) is 4. The number of amides is 1. The normalized spacial score (nSPS) is 16.8. The molecule has 3 heterocycles. The van der Waals surface area contributed by atoms with Crippen LogP contribution in [0.2, 0.25) is 0 Å². The Morgan fingerprint density at radius 2 is 1.96 bits per heavy atom. The van der Waals surface area contributed by atoms with E-state index in [4.69, 9.17) is 0 Å². The number of anilines is 1. The Hall–Kier alpha value is -2.37. The highest BCUT2D eigenvalue weighted by atomic mass is 16.2. The summed E-state index contributed by atoms with van der Waals surface area (Å²) >= 11 is 0. The molecule has 3 rings (SSSR count). The highest BCUT2D eigenvalue weighted by molar-refractivity contribution is 5.76. The average molecular weight is 327 g/mol. The van der Waals surface area contributed by atoms with Crippen LogP contribution in [0.15, 0.2) is 36.7 Å². The van der Waals surface area contributed by atoms with E-state index in [0.29, 0.717) is 12.5 Å². The molecule has 1 N–H and O–H groups in total. The van der Waals surface area contributed by atoms with Crippen LogP contribution in [0.25, 0.3) is 0 Å². The molecule has 1 aliphatic heterocycles. The van der Waals surface area contributed by atoms with Crippen LogP contribution in [0, 0.1) is 6.92 Å². The molecule has 1 aliphatic rings. The van der Waals surface area contributed by atoms with Crippen molar-refractivity contribution in [3.63, 3.8) is 0 Å². The molecule has 0 spiro atoms. The first kappa shape index (κ1) is 16.5. The van der Waals surface area contributed by atoms with Gasteiger partial charge in [-0.05, 0) is 51.0 Å². The van der Waals surface area contributed by atoms with E-state index in [1.807, 2.05) is 48.5 Å². The third-order valence-corrected chi connectivity index (χ3v) is 4.60. The lowest BCUT2D eigenvalue weighted by Gasteiger charge is -2.33. The predicted molar refractivity (Wildman–Crippen MR) is 93.8 cm³/mol. The van der Waals surface area contributed by atoms with Gasteiger partial charge >= 0.3 is 0 Å². The fourth-order valence-corrected chi connectivity index (χ4v) is 3.09. The van der Waals surface area contributed by atoms with E-state index < -0.39 is 0 Å². The fourth-order valence-electron chi connectivity index (χ4n) is 3.09. The van der Waals surface area contributed by atoms with E-state index in [1.165, 1.54) is 0 Å². The summed E-state index contributed by atoms with van der Waals surface area (Å²) in [6.45, 7) is 5.61. The molecule has 6 nitrogen and oxygen atoms in total. The molecule has 0 unspecified atom stereocenters. The molecule has 1 atom stereocenters. The van der Waals surface area contributed by atoms with Gasteiger partial charge in [0.15, 0.2) is 0 Å². The number of likely N-dealkylation sites (tertiary alicyclic amines) is 1. The van der Waals surface area contributed by atoms with Gasteiger partial charge in [-0.2, -0.15) is 5.10 Å². The highest BCUT2D eigenvalue weighted by Crippen LogP contribution is 2.18. The first-order valence-corrected chi connectivity index (χ1v) is 8.59. The van der Waals surface area contributed by atoms with Crippen molar-refractivity contribution in [2.45, 2.75) is 45.2 Å². The van der Waals surface area contributed by atoms with Crippen molar-refractivity contribution in [2.75, 3.05) is 18.4 Å². The van der Waals surface area contributed by atoms with Crippen LogP contribution in [0.3, 0.4) is 0 Å². The van der Waals surface area contributed by atoms with Crippen molar-refractivity contribution in [1.82, 2.24) is 19.7 Å². The zero-order chi connectivity index (χ0) is 16.9. The maximum absolute atomic E-state index is 12.5. The van der Waals surface area contributed by atoms with Crippen molar-refractivity contribution < 1.29 is 4.79 Å².